The molecule has 0 spiro atoms. The highest BCUT2D eigenvalue weighted by Gasteiger charge is 2.12. The fourth-order valence-corrected chi connectivity index (χ4v) is 1.76. The number of rotatable bonds is 2. The second kappa shape index (κ2) is 3.31. The summed E-state index contributed by atoms with van der Waals surface area (Å²) in [6, 6.07) is 9.74. The predicted octanol–water partition coefficient (Wildman–Crippen LogP) is 0.615. The van der Waals surface area contributed by atoms with Crippen molar-refractivity contribution in [2.24, 2.45) is 5.73 Å². The zero-order valence-electron chi connectivity index (χ0n) is 6.41. The number of aliphatic hydroxyl groups is 1. The number of hydrogen-bond acceptors (Lipinski definition) is 2. The molecule has 3 N–H and O–H groups in total. The van der Waals surface area contributed by atoms with E-state index in [9.17, 15) is 5.11 Å². The van der Waals surface area contributed by atoms with Gasteiger partial charge in [0.25, 0.3) is 0 Å². The van der Waals surface area contributed by atoms with Crippen LogP contribution in [0.1, 0.15) is 6.92 Å². The largest absolute Gasteiger partial charge is 0.372 e. The molecule has 2 nitrogen and oxygen atoms in total. The van der Waals surface area contributed by atoms with Gasteiger partial charge in [0.05, 0.1) is 0 Å². The summed E-state index contributed by atoms with van der Waals surface area (Å²) in [5.41, 5.74) is 4.37. The van der Waals surface area contributed by atoms with Gasteiger partial charge in [0, 0.05) is 0 Å². The maximum atomic E-state index is 9.26. The van der Waals surface area contributed by atoms with E-state index in [-0.39, 0.29) is 8.58 Å². The molecule has 0 saturated carbocycles. The molecule has 0 aliphatic carbocycles. The molecule has 11 heavy (non-hydrogen) atoms. The van der Waals surface area contributed by atoms with Gasteiger partial charge in [-0.15, -0.1) is 0 Å². The smallest absolute Gasteiger partial charge is 0.130 e. The van der Waals surface area contributed by atoms with Crippen molar-refractivity contribution in [2.75, 3.05) is 0 Å². The molecule has 0 amide bonds. The third kappa shape index (κ3) is 3.47. The monoisotopic (exact) mass is 169 g/mol. The van der Waals surface area contributed by atoms with Gasteiger partial charge in [0.2, 0.25) is 0 Å². The van der Waals surface area contributed by atoms with Gasteiger partial charge in [-0.2, -0.15) is 0 Å². The van der Waals surface area contributed by atoms with Crippen LogP contribution < -0.4 is 11.0 Å². The Kier molecular flexibility index (Phi) is 2.61. The molecule has 2 atom stereocenters. The van der Waals surface area contributed by atoms with Crippen molar-refractivity contribution in [1.29, 1.82) is 0 Å². The van der Waals surface area contributed by atoms with Crippen LogP contribution in [0.3, 0.4) is 0 Å². The Hall–Kier alpha value is -0.430. The van der Waals surface area contributed by atoms with Crippen LogP contribution in [0.15, 0.2) is 30.3 Å². The van der Waals surface area contributed by atoms with Gasteiger partial charge in [-0.25, -0.2) is 0 Å². The summed E-state index contributed by atoms with van der Waals surface area (Å²) in [5.74, 6) is 0. The van der Waals surface area contributed by atoms with E-state index in [1.54, 1.807) is 6.92 Å². The first-order chi connectivity index (χ1) is 5.08. The summed E-state index contributed by atoms with van der Waals surface area (Å²) >= 11 is 0. The van der Waals surface area contributed by atoms with E-state index in [2.05, 4.69) is 0 Å². The summed E-state index contributed by atoms with van der Waals surface area (Å²) in [4.78, 5) is 0. The first-order valence-electron chi connectivity index (χ1n) is 3.42. The van der Waals surface area contributed by atoms with Crippen LogP contribution in [0.25, 0.3) is 0 Å². The van der Waals surface area contributed by atoms with Crippen LogP contribution in [-0.4, -0.2) is 10.6 Å². The highest BCUT2D eigenvalue weighted by Crippen LogP contribution is 2.21. The molecular formula is C8H12NOP. The van der Waals surface area contributed by atoms with E-state index in [4.69, 9.17) is 5.73 Å². The van der Waals surface area contributed by atoms with Crippen molar-refractivity contribution >= 4 is 13.9 Å². The second-order valence-electron chi connectivity index (χ2n) is 2.64. The van der Waals surface area contributed by atoms with Crippen molar-refractivity contribution in [2.45, 2.75) is 12.4 Å². The Morgan fingerprint density at radius 1 is 1.36 bits per heavy atom. The summed E-state index contributed by atoms with van der Waals surface area (Å²) in [6.45, 7) is 1.61. The molecule has 0 aliphatic rings. The predicted molar refractivity (Wildman–Crippen MR) is 49.2 cm³/mol. The lowest BCUT2D eigenvalue weighted by Crippen LogP contribution is -2.31. The molecular weight excluding hydrogens is 157 g/mol. The van der Waals surface area contributed by atoms with Gasteiger partial charge >= 0.3 is 0 Å². The van der Waals surface area contributed by atoms with Crippen LogP contribution >= 0.6 is 8.58 Å². The van der Waals surface area contributed by atoms with E-state index >= 15 is 0 Å². The zero-order valence-corrected chi connectivity index (χ0v) is 7.41. The first-order valence-corrected chi connectivity index (χ1v) is 4.42. The zero-order chi connectivity index (χ0) is 8.32. The SMILES string of the molecule is CC(N)(O)Pc1ccccc1. The van der Waals surface area contributed by atoms with Gasteiger partial charge in [0.15, 0.2) is 0 Å². The molecule has 0 fully saturated rings. The van der Waals surface area contributed by atoms with E-state index in [1.807, 2.05) is 30.3 Å². The Bertz CT molecular complexity index is 217. The molecule has 2 unspecified atom stereocenters. The van der Waals surface area contributed by atoms with Crippen molar-refractivity contribution in [3.63, 3.8) is 0 Å². The van der Waals surface area contributed by atoms with Crippen LogP contribution in [-0.2, 0) is 0 Å². The number of nitrogens with two attached hydrogens (primary N) is 1. The molecule has 1 rings (SSSR count). The summed E-state index contributed by atoms with van der Waals surface area (Å²) in [5, 5.41) is 10.3. The molecule has 0 radical (unpaired) electrons. The summed E-state index contributed by atoms with van der Waals surface area (Å²) in [7, 11) is 0.247. The molecule has 1 aromatic rings. The van der Waals surface area contributed by atoms with Crippen LogP contribution in [0.5, 0.6) is 0 Å². The third-order valence-corrected chi connectivity index (χ3v) is 2.30. The highest BCUT2D eigenvalue weighted by molar-refractivity contribution is 7.48. The maximum Gasteiger partial charge on any atom is 0.130 e. The normalized spacial score (nSPS) is 17.0. The third-order valence-electron chi connectivity index (χ3n) is 1.17. The van der Waals surface area contributed by atoms with Gasteiger partial charge in [-0.05, 0) is 20.8 Å². The summed E-state index contributed by atoms with van der Waals surface area (Å²) < 4.78 is 0. The average Bonchev–Trinajstić information content (AvgIpc) is 1.85. The van der Waals surface area contributed by atoms with Gasteiger partial charge < -0.3 is 10.8 Å². The minimum atomic E-state index is -1.07. The lowest BCUT2D eigenvalue weighted by Gasteiger charge is -2.16. The standard InChI is InChI=1S/C8H12NOP/c1-8(9,10)11-7-5-3-2-4-6-7/h2-6,10-11H,9H2,1H3. The number of hydrogen-bond donors (Lipinski definition) is 2. The van der Waals surface area contributed by atoms with Crippen molar-refractivity contribution in [1.82, 2.24) is 0 Å². The minimum absolute atomic E-state index is 0.247. The highest BCUT2D eigenvalue weighted by atomic mass is 31.1. The van der Waals surface area contributed by atoms with Gasteiger partial charge in [-0.3, -0.25) is 0 Å². The lowest BCUT2D eigenvalue weighted by molar-refractivity contribution is 0.163. The maximum absolute atomic E-state index is 9.26. The fourth-order valence-electron chi connectivity index (χ4n) is 0.814. The molecule has 3 heteroatoms. The molecule has 60 valence electrons. The Morgan fingerprint density at radius 2 is 1.91 bits per heavy atom. The van der Waals surface area contributed by atoms with E-state index in [1.165, 1.54) is 0 Å². The van der Waals surface area contributed by atoms with Crippen molar-refractivity contribution in [3.8, 4) is 0 Å². The van der Waals surface area contributed by atoms with Crippen molar-refractivity contribution < 1.29 is 5.11 Å². The molecule has 0 aromatic heterocycles. The first kappa shape index (κ1) is 8.66. The molecule has 0 aliphatic heterocycles. The van der Waals surface area contributed by atoms with Gasteiger partial charge in [-0.1, -0.05) is 30.3 Å². The molecule has 0 heterocycles. The molecule has 1 aromatic carbocycles. The van der Waals surface area contributed by atoms with Crippen LogP contribution in [0.2, 0.25) is 0 Å². The minimum Gasteiger partial charge on any atom is -0.372 e. The van der Waals surface area contributed by atoms with E-state index < -0.39 is 5.47 Å². The Labute approximate surface area is 68.2 Å². The van der Waals surface area contributed by atoms with Gasteiger partial charge in [0.1, 0.15) is 5.47 Å². The molecule has 0 bridgehead atoms. The average molecular weight is 169 g/mol. The Morgan fingerprint density at radius 3 is 2.36 bits per heavy atom. The number of benzene rings is 1. The van der Waals surface area contributed by atoms with E-state index in [0.717, 1.165) is 5.30 Å². The van der Waals surface area contributed by atoms with E-state index in [0.29, 0.717) is 0 Å². The molecule has 0 saturated heterocycles. The Balaban J connectivity index is 2.66. The van der Waals surface area contributed by atoms with Crippen molar-refractivity contribution in [3.05, 3.63) is 30.3 Å². The quantitative estimate of drug-likeness (QED) is 0.503. The second-order valence-corrected chi connectivity index (χ2v) is 4.48. The van der Waals surface area contributed by atoms with Crippen LogP contribution in [0.4, 0.5) is 0 Å². The topological polar surface area (TPSA) is 46.2 Å². The van der Waals surface area contributed by atoms with Crippen LogP contribution in [0, 0.1) is 0 Å². The fraction of sp³-hybridized carbons (Fsp3) is 0.250. The lowest BCUT2D eigenvalue weighted by atomic mass is 10.4. The summed E-state index contributed by atoms with van der Waals surface area (Å²) in [6.07, 6.45) is 0.